The lowest BCUT2D eigenvalue weighted by Gasteiger charge is -2.11. The Bertz CT molecular complexity index is 988. The van der Waals surface area contributed by atoms with Gasteiger partial charge in [-0.15, -0.1) is 0 Å². The molecule has 1 N–H and O–H groups in total. The van der Waals surface area contributed by atoms with Gasteiger partial charge in [0.1, 0.15) is 5.82 Å². The first kappa shape index (κ1) is 19.5. The van der Waals surface area contributed by atoms with E-state index in [0.717, 1.165) is 23.5 Å². The van der Waals surface area contributed by atoms with E-state index in [2.05, 4.69) is 15.4 Å². The summed E-state index contributed by atoms with van der Waals surface area (Å²) in [4.78, 5) is 16.2. The molecule has 28 heavy (non-hydrogen) atoms. The Labute approximate surface area is 161 Å². The first-order valence-corrected chi connectivity index (χ1v) is 8.77. The van der Waals surface area contributed by atoms with Crippen molar-refractivity contribution in [3.05, 3.63) is 71.2 Å². The molecule has 3 aromatic rings. The highest BCUT2D eigenvalue weighted by Gasteiger charge is 2.12. The lowest BCUT2D eigenvalue weighted by Crippen LogP contribution is -2.24. The summed E-state index contributed by atoms with van der Waals surface area (Å²) in [6, 6.07) is 8.37. The third-order valence-corrected chi connectivity index (χ3v) is 4.08. The number of rotatable bonds is 7. The van der Waals surface area contributed by atoms with Gasteiger partial charge in [-0.2, -0.15) is 5.10 Å². The van der Waals surface area contributed by atoms with Crippen molar-refractivity contribution < 1.29 is 18.3 Å². The van der Waals surface area contributed by atoms with Crippen LogP contribution in [0.1, 0.15) is 23.4 Å². The minimum atomic E-state index is -0.828. The van der Waals surface area contributed by atoms with Crippen LogP contribution in [0.4, 0.5) is 8.78 Å². The summed E-state index contributed by atoms with van der Waals surface area (Å²) < 4.78 is 34.1. The number of halogens is 2. The number of amides is 1. The van der Waals surface area contributed by atoms with Crippen LogP contribution in [0.25, 0.3) is 0 Å². The van der Waals surface area contributed by atoms with E-state index in [9.17, 15) is 13.6 Å². The molecule has 1 aromatic carbocycles. The van der Waals surface area contributed by atoms with Gasteiger partial charge in [0, 0.05) is 43.0 Å². The maximum absolute atomic E-state index is 13.8. The molecule has 0 spiro atoms. The third-order valence-electron chi connectivity index (χ3n) is 4.08. The first-order valence-electron chi connectivity index (χ1n) is 8.77. The molecule has 3 rings (SSSR count). The van der Waals surface area contributed by atoms with E-state index in [0.29, 0.717) is 12.1 Å². The summed E-state index contributed by atoms with van der Waals surface area (Å²) in [7, 11) is 0. The number of hydrogen-bond donors (Lipinski definition) is 1. The number of ether oxygens (including phenoxy) is 1. The topological polar surface area (TPSA) is 69.0 Å². The van der Waals surface area contributed by atoms with E-state index in [1.807, 2.05) is 19.9 Å². The van der Waals surface area contributed by atoms with Crippen LogP contribution >= 0.6 is 0 Å². The molecule has 0 aliphatic carbocycles. The minimum Gasteiger partial charge on any atom is -0.436 e. The van der Waals surface area contributed by atoms with Gasteiger partial charge in [0.25, 0.3) is 0 Å². The highest BCUT2D eigenvalue weighted by atomic mass is 19.1. The van der Waals surface area contributed by atoms with Gasteiger partial charge < -0.3 is 10.1 Å². The average molecular weight is 386 g/mol. The first-order chi connectivity index (χ1) is 13.4. The molecule has 1 amide bonds. The van der Waals surface area contributed by atoms with E-state index >= 15 is 0 Å². The summed E-state index contributed by atoms with van der Waals surface area (Å²) in [6.45, 7) is 4.48. The second-order valence-corrected chi connectivity index (χ2v) is 6.32. The number of carbonyl (C=O) groups is 1. The summed E-state index contributed by atoms with van der Waals surface area (Å²) in [5.74, 6) is -1.68. The van der Waals surface area contributed by atoms with E-state index in [1.54, 1.807) is 16.8 Å². The fraction of sp³-hybridized carbons (Fsp3) is 0.250. The van der Waals surface area contributed by atoms with Gasteiger partial charge in [-0.1, -0.05) is 6.07 Å². The van der Waals surface area contributed by atoms with E-state index in [-0.39, 0.29) is 30.5 Å². The number of aromatic nitrogens is 3. The molecule has 0 radical (unpaired) electrons. The van der Waals surface area contributed by atoms with Crippen LogP contribution < -0.4 is 10.1 Å². The van der Waals surface area contributed by atoms with Gasteiger partial charge in [-0.25, -0.2) is 13.8 Å². The number of benzene rings is 1. The van der Waals surface area contributed by atoms with Gasteiger partial charge in [-0.3, -0.25) is 9.48 Å². The molecule has 0 bridgehead atoms. The Morgan fingerprint density at radius 3 is 2.75 bits per heavy atom. The smallest absolute Gasteiger partial charge is 0.224 e. The number of hydrogen-bond acceptors (Lipinski definition) is 4. The molecule has 0 saturated heterocycles. The van der Waals surface area contributed by atoms with Crippen LogP contribution in [-0.4, -0.2) is 20.7 Å². The van der Waals surface area contributed by atoms with Gasteiger partial charge in [-0.05, 0) is 38.1 Å². The molecule has 0 aliphatic heterocycles. The van der Waals surface area contributed by atoms with Gasteiger partial charge in [0.05, 0.1) is 5.69 Å². The maximum Gasteiger partial charge on any atom is 0.224 e. The van der Waals surface area contributed by atoms with Crippen molar-refractivity contribution >= 4 is 5.91 Å². The SMILES string of the molecule is Cc1cc(C)n(CCC(=O)NCc2cccnc2Oc2ccc(F)cc2F)n1. The Kier molecular flexibility index (Phi) is 5.98. The number of carbonyl (C=O) groups excluding carboxylic acids is 1. The molecule has 0 fully saturated rings. The molecular weight excluding hydrogens is 366 g/mol. The van der Waals surface area contributed by atoms with Crippen molar-refractivity contribution in [2.24, 2.45) is 0 Å². The summed E-state index contributed by atoms with van der Waals surface area (Å²) in [6.07, 6.45) is 1.76. The van der Waals surface area contributed by atoms with Gasteiger partial charge in [0.15, 0.2) is 11.6 Å². The zero-order valence-electron chi connectivity index (χ0n) is 15.6. The Hall–Kier alpha value is -3.29. The van der Waals surface area contributed by atoms with E-state index in [1.165, 1.54) is 12.3 Å². The van der Waals surface area contributed by atoms with Crippen LogP contribution in [0.2, 0.25) is 0 Å². The molecule has 2 heterocycles. The van der Waals surface area contributed by atoms with Crippen molar-refractivity contribution in [2.45, 2.75) is 33.4 Å². The minimum absolute atomic E-state index is 0.141. The van der Waals surface area contributed by atoms with Gasteiger partial charge in [0.2, 0.25) is 11.8 Å². The molecule has 0 atom stereocenters. The van der Waals surface area contributed by atoms with Crippen LogP contribution in [-0.2, 0) is 17.9 Å². The molecule has 146 valence electrons. The quantitative estimate of drug-likeness (QED) is 0.673. The second kappa shape index (κ2) is 8.60. The number of nitrogens with one attached hydrogen (secondary N) is 1. The monoisotopic (exact) mass is 386 g/mol. The van der Waals surface area contributed by atoms with Crippen LogP contribution in [0.3, 0.4) is 0 Å². The maximum atomic E-state index is 13.8. The highest BCUT2D eigenvalue weighted by Crippen LogP contribution is 2.26. The fourth-order valence-electron chi connectivity index (χ4n) is 2.70. The molecule has 6 nitrogen and oxygen atoms in total. The predicted octanol–water partition coefficient (Wildman–Crippen LogP) is 3.67. The lowest BCUT2D eigenvalue weighted by molar-refractivity contribution is -0.121. The lowest BCUT2D eigenvalue weighted by atomic mass is 10.2. The van der Waals surface area contributed by atoms with Gasteiger partial charge >= 0.3 is 0 Å². The molecule has 2 aromatic heterocycles. The zero-order valence-corrected chi connectivity index (χ0v) is 15.6. The third kappa shape index (κ3) is 4.91. The largest absolute Gasteiger partial charge is 0.436 e. The highest BCUT2D eigenvalue weighted by molar-refractivity contribution is 5.75. The summed E-state index contributed by atoms with van der Waals surface area (Å²) >= 11 is 0. The Morgan fingerprint density at radius 1 is 1.21 bits per heavy atom. The Balaban J connectivity index is 1.60. The predicted molar refractivity (Wildman–Crippen MR) is 98.8 cm³/mol. The molecule has 8 heteroatoms. The average Bonchev–Trinajstić information content (AvgIpc) is 2.98. The Morgan fingerprint density at radius 2 is 2.04 bits per heavy atom. The van der Waals surface area contributed by atoms with Crippen LogP contribution in [0.5, 0.6) is 11.6 Å². The van der Waals surface area contributed by atoms with E-state index in [4.69, 9.17) is 4.74 Å². The number of pyridine rings is 1. The van der Waals surface area contributed by atoms with Crippen LogP contribution in [0, 0.1) is 25.5 Å². The van der Waals surface area contributed by atoms with Crippen molar-refractivity contribution in [2.75, 3.05) is 0 Å². The molecule has 0 aliphatic rings. The standard InChI is InChI=1S/C20H20F2N4O2/c1-13-10-14(2)26(25-13)9-7-19(27)24-12-15-4-3-8-23-20(15)28-18-6-5-16(21)11-17(18)22/h3-6,8,10-11H,7,9,12H2,1-2H3,(H,24,27). The van der Waals surface area contributed by atoms with Crippen molar-refractivity contribution in [1.82, 2.24) is 20.1 Å². The van der Waals surface area contributed by atoms with Crippen molar-refractivity contribution in [1.29, 1.82) is 0 Å². The summed E-state index contributed by atoms with van der Waals surface area (Å²) in [5.41, 5.74) is 2.48. The van der Waals surface area contributed by atoms with Crippen molar-refractivity contribution in [3.8, 4) is 11.6 Å². The normalized spacial score (nSPS) is 10.7. The molecule has 0 unspecified atom stereocenters. The summed E-state index contributed by atoms with van der Waals surface area (Å²) in [5, 5.41) is 7.11. The molecule has 0 saturated carbocycles. The second-order valence-electron chi connectivity index (χ2n) is 6.32. The molecular formula is C20H20F2N4O2. The number of aryl methyl sites for hydroxylation is 3. The fourth-order valence-corrected chi connectivity index (χ4v) is 2.70. The zero-order chi connectivity index (χ0) is 20.1. The van der Waals surface area contributed by atoms with Crippen molar-refractivity contribution in [3.63, 3.8) is 0 Å². The van der Waals surface area contributed by atoms with Crippen LogP contribution in [0.15, 0.2) is 42.6 Å². The number of nitrogens with zero attached hydrogens (tertiary/aromatic N) is 3. The van der Waals surface area contributed by atoms with E-state index < -0.39 is 11.6 Å².